The van der Waals surface area contributed by atoms with E-state index in [0.717, 1.165) is 32.2 Å². The van der Waals surface area contributed by atoms with Crippen LogP contribution in [0, 0.1) is 11.3 Å². The first-order valence-corrected chi connectivity index (χ1v) is 6.22. The topological polar surface area (TPSA) is 40.5 Å². The van der Waals surface area contributed by atoms with E-state index < -0.39 is 5.97 Å². The standard InChI is InChI=1S/C13H25NO2/c1-13(2,3)9-14(4)11-7-5-10(6-8-11)12(15)16/h10-11H,5-9H2,1-4H3,(H,15,16). The number of carbonyl (C=O) groups is 1. The van der Waals surface area contributed by atoms with Crippen molar-refractivity contribution in [2.75, 3.05) is 13.6 Å². The SMILES string of the molecule is CN(CC(C)(C)C)C1CCC(C(=O)O)CC1. The normalized spacial score (nSPS) is 27.1. The van der Waals surface area contributed by atoms with Gasteiger partial charge in [-0.1, -0.05) is 20.8 Å². The van der Waals surface area contributed by atoms with Gasteiger partial charge in [-0.15, -0.1) is 0 Å². The van der Waals surface area contributed by atoms with E-state index >= 15 is 0 Å². The number of aliphatic carboxylic acids is 1. The molecule has 1 N–H and O–H groups in total. The van der Waals surface area contributed by atoms with Crippen molar-refractivity contribution in [1.29, 1.82) is 0 Å². The lowest BCUT2D eigenvalue weighted by Gasteiger charge is -2.36. The van der Waals surface area contributed by atoms with Crippen molar-refractivity contribution >= 4 is 5.97 Å². The highest BCUT2D eigenvalue weighted by Gasteiger charge is 2.29. The van der Waals surface area contributed by atoms with Crippen molar-refractivity contribution in [3.63, 3.8) is 0 Å². The molecule has 0 saturated heterocycles. The van der Waals surface area contributed by atoms with E-state index in [4.69, 9.17) is 5.11 Å². The van der Waals surface area contributed by atoms with Crippen LogP contribution >= 0.6 is 0 Å². The molecule has 0 amide bonds. The minimum Gasteiger partial charge on any atom is -0.481 e. The van der Waals surface area contributed by atoms with Gasteiger partial charge in [-0.25, -0.2) is 0 Å². The summed E-state index contributed by atoms with van der Waals surface area (Å²) in [5.74, 6) is -0.712. The predicted octanol–water partition coefficient (Wildman–Crippen LogP) is 2.61. The van der Waals surface area contributed by atoms with Crippen LogP contribution in [0.2, 0.25) is 0 Å². The summed E-state index contributed by atoms with van der Waals surface area (Å²) in [5, 5.41) is 8.94. The molecule has 3 nitrogen and oxygen atoms in total. The fourth-order valence-electron chi connectivity index (χ4n) is 2.64. The summed E-state index contributed by atoms with van der Waals surface area (Å²) in [6.45, 7) is 7.81. The van der Waals surface area contributed by atoms with Gasteiger partial charge in [0.05, 0.1) is 5.92 Å². The third-order valence-corrected chi connectivity index (χ3v) is 3.39. The first-order valence-electron chi connectivity index (χ1n) is 6.22. The lowest BCUT2D eigenvalue weighted by molar-refractivity contribution is -0.143. The monoisotopic (exact) mass is 227 g/mol. The van der Waals surface area contributed by atoms with E-state index in [0.29, 0.717) is 11.5 Å². The summed E-state index contributed by atoms with van der Waals surface area (Å²) < 4.78 is 0. The Kier molecular flexibility index (Phi) is 4.36. The minimum absolute atomic E-state index is 0.0979. The van der Waals surface area contributed by atoms with Crippen LogP contribution in [0.3, 0.4) is 0 Å². The van der Waals surface area contributed by atoms with Gasteiger partial charge in [0.1, 0.15) is 0 Å². The Morgan fingerprint density at radius 3 is 2.12 bits per heavy atom. The van der Waals surface area contributed by atoms with E-state index in [9.17, 15) is 4.79 Å². The molecule has 0 heterocycles. The van der Waals surface area contributed by atoms with Crippen molar-refractivity contribution < 1.29 is 9.90 Å². The maximum absolute atomic E-state index is 10.8. The van der Waals surface area contributed by atoms with E-state index in [1.807, 2.05) is 0 Å². The molecule has 0 radical (unpaired) electrons. The van der Waals surface area contributed by atoms with Crippen LogP contribution in [0.1, 0.15) is 46.5 Å². The molecule has 1 rings (SSSR count). The number of hydrogen-bond acceptors (Lipinski definition) is 2. The molecule has 0 aromatic rings. The molecule has 0 aromatic heterocycles. The second kappa shape index (κ2) is 5.17. The Hall–Kier alpha value is -0.570. The summed E-state index contributed by atoms with van der Waals surface area (Å²) >= 11 is 0. The van der Waals surface area contributed by atoms with Gasteiger partial charge in [0.25, 0.3) is 0 Å². The van der Waals surface area contributed by atoms with Gasteiger partial charge in [0.15, 0.2) is 0 Å². The van der Waals surface area contributed by atoms with Crippen molar-refractivity contribution in [2.45, 2.75) is 52.5 Å². The van der Waals surface area contributed by atoms with Gasteiger partial charge >= 0.3 is 5.97 Å². The lowest BCUT2D eigenvalue weighted by atomic mass is 9.84. The summed E-state index contributed by atoms with van der Waals surface area (Å²) in [5.41, 5.74) is 0.318. The molecular weight excluding hydrogens is 202 g/mol. The van der Waals surface area contributed by atoms with Crippen LogP contribution in [0.5, 0.6) is 0 Å². The maximum atomic E-state index is 10.8. The molecule has 0 aromatic carbocycles. The van der Waals surface area contributed by atoms with Gasteiger partial charge in [0.2, 0.25) is 0 Å². The van der Waals surface area contributed by atoms with Crippen molar-refractivity contribution in [3.05, 3.63) is 0 Å². The van der Waals surface area contributed by atoms with Crippen LogP contribution in [0.25, 0.3) is 0 Å². The highest BCUT2D eigenvalue weighted by Crippen LogP contribution is 2.28. The van der Waals surface area contributed by atoms with Gasteiger partial charge in [-0.3, -0.25) is 4.79 Å². The number of nitrogens with zero attached hydrogens (tertiary/aromatic N) is 1. The van der Waals surface area contributed by atoms with E-state index in [-0.39, 0.29) is 5.92 Å². The molecule has 1 saturated carbocycles. The molecule has 16 heavy (non-hydrogen) atoms. The molecule has 1 fully saturated rings. The zero-order chi connectivity index (χ0) is 12.3. The summed E-state index contributed by atoms with van der Waals surface area (Å²) in [6.07, 6.45) is 3.75. The summed E-state index contributed by atoms with van der Waals surface area (Å²) in [6, 6.07) is 0.579. The van der Waals surface area contributed by atoms with E-state index in [1.54, 1.807) is 0 Å². The summed E-state index contributed by atoms with van der Waals surface area (Å²) in [4.78, 5) is 13.2. The Morgan fingerprint density at radius 2 is 1.75 bits per heavy atom. The molecule has 0 aliphatic heterocycles. The molecule has 0 unspecified atom stereocenters. The fourth-order valence-corrected chi connectivity index (χ4v) is 2.64. The number of rotatable bonds is 3. The molecule has 0 bridgehead atoms. The molecule has 1 aliphatic rings. The Balaban J connectivity index is 2.39. The van der Waals surface area contributed by atoms with Crippen LogP contribution in [0.4, 0.5) is 0 Å². The van der Waals surface area contributed by atoms with Crippen LogP contribution in [-0.2, 0) is 4.79 Å². The maximum Gasteiger partial charge on any atom is 0.306 e. The molecule has 0 spiro atoms. The highest BCUT2D eigenvalue weighted by atomic mass is 16.4. The second-order valence-electron chi connectivity index (χ2n) is 6.32. The first-order chi connectivity index (χ1) is 7.29. The van der Waals surface area contributed by atoms with Gasteiger partial charge in [-0.2, -0.15) is 0 Å². The Bertz CT molecular complexity index is 237. The molecule has 3 heteroatoms. The van der Waals surface area contributed by atoms with Gasteiger partial charge < -0.3 is 10.0 Å². The molecular formula is C13H25NO2. The molecule has 1 aliphatic carbocycles. The fraction of sp³-hybridized carbons (Fsp3) is 0.923. The van der Waals surface area contributed by atoms with Crippen molar-refractivity contribution in [2.24, 2.45) is 11.3 Å². The van der Waals surface area contributed by atoms with Crippen LogP contribution in [0.15, 0.2) is 0 Å². The molecule has 94 valence electrons. The third kappa shape index (κ3) is 4.12. The Labute approximate surface area is 98.8 Å². The number of hydrogen-bond donors (Lipinski definition) is 1. The van der Waals surface area contributed by atoms with Crippen molar-refractivity contribution in [1.82, 2.24) is 4.90 Å². The predicted molar refractivity (Wildman–Crippen MR) is 65.5 cm³/mol. The summed E-state index contributed by atoms with van der Waals surface area (Å²) in [7, 11) is 2.16. The third-order valence-electron chi connectivity index (χ3n) is 3.39. The van der Waals surface area contributed by atoms with E-state index in [1.165, 1.54) is 0 Å². The van der Waals surface area contributed by atoms with Crippen molar-refractivity contribution in [3.8, 4) is 0 Å². The zero-order valence-electron chi connectivity index (χ0n) is 11.0. The average Bonchev–Trinajstić information content (AvgIpc) is 2.15. The Morgan fingerprint density at radius 1 is 1.25 bits per heavy atom. The van der Waals surface area contributed by atoms with E-state index in [2.05, 4.69) is 32.7 Å². The van der Waals surface area contributed by atoms with Crippen LogP contribution in [-0.4, -0.2) is 35.6 Å². The van der Waals surface area contributed by atoms with Gasteiger partial charge in [-0.05, 0) is 38.1 Å². The zero-order valence-corrected chi connectivity index (χ0v) is 11.0. The minimum atomic E-state index is -0.614. The first kappa shape index (κ1) is 13.5. The molecule has 0 atom stereocenters. The van der Waals surface area contributed by atoms with Crippen LogP contribution < -0.4 is 0 Å². The average molecular weight is 227 g/mol. The largest absolute Gasteiger partial charge is 0.481 e. The smallest absolute Gasteiger partial charge is 0.306 e. The lowest BCUT2D eigenvalue weighted by Crippen LogP contribution is -2.40. The second-order valence-corrected chi connectivity index (χ2v) is 6.32. The number of carboxylic acids is 1. The quantitative estimate of drug-likeness (QED) is 0.805. The number of carboxylic acid groups (broad SMARTS) is 1. The van der Waals surface area contributed by atoms with Gasteiger partial charge in [0, 0.05) is 12.6 Å². The highest BCUT2D eigenvalue weighted by molar-refractivity contribution is 5.70.